The van der Waals surface area contributed by atoms with Crippen molar-refractivity contribution in [2.45, 2.75) is 13.8 Å². The summed E-state index contributed by atoms with van der Waals surface area (Å²) in [5.41, 5.74) is -0.279. The molecule has 1 rings (SSSR count). The third-order valence-corrected chi connectivity index (χ3v) is 1.26. The van der Waals surface area contributed by atoms with E-state index in [2.05, 4.69) is 10.2 Å². The Morgan fingerprint density at radius 3 is 3.00 bits per heavy atom. The Morgan fingerprint density at radius 1 is 1.67 bits per heavy atom. The molecule has 0 bridgehead atoms. The number of ether oxygens (including phenoxy) is 1. The first-order chi connectivity index (χ1) is 5.70. The predicted octanol–water partition coefficient (Wildman–Crippen LogP) is 0.805. The zero-order valence-electron chi connectivity index (χ0n) is 7.20. The second kappa shape index (κ2) is 3.90. The van der Waals surface area contributed by atoms with Crippen LogP contribution in [-0.2, 0) is 0 Å². The van der Waals surface area contributed by atoms with Crippen LogP contribution in [0.2, 0.25) is 0 Å². The molecule has 66 valence electrons. The van der Waals surface area contributed by atoms with E-state index in [9.17, 15) is 4.79 Å². The van der Waals surface area contributed by atoms with Crippen LogP contribution in [0.1, 0.15) is 13.8 Å². The van der Waals surface area contributed by atoms with E-state index in [0.29, 0.717) is 18.3 Å². The highest BCUT2D eigenvalue weighted by molar-refractivity contribution is 5.13. The lowest BCUT2D eigenvalue weighted by Gasteiger charge is -2.06. The van der Waals surface area contributed by atoms with Crippen molar-refractivity contribution in [2.75, 3.05) is 6.61 Å². The fourth-order valence-corrected chi connectivity index (χ4v) is 0.702. The Morgan fingerprint density at radius 2 is 2.42 bits per heavy atom. The quantitative estimate of drug-likeness (QED) is 0.726. The zero-order valence-corrected chi connectivity index (χ0v) is 7.20. The van der Waals surface area contributed by atoms with Gasteiger partial charge in [0.1, 0.15) is 0 Å². The van der Waals surface area contributed by atoms with Crippen LogP contribution in [0.15, 0.2) is 17.1 Å². The number of hydrogen-bond donors (Lipinski definition) is 1. The minimum Gasteiger partial charge on any atom is -0.488 e. The standard InChI is InChI=1S/C8H12N2O2/c1-6(2)5-12-7-3-4-9-10-8(7)11/h3-4,6H,5H2,1-2H3,(H,10,11). The van der Waals surface area contributed by atoms with Crippen molar-refractivity contribution in [3.8, 4) is 5.75 Å². The number of aromatic nitrogens is 2. The van der Waals surface area contributed by atoms with Gasteiger partial charge in [0.25, 0.3) is 0 Å². The summed E-state index contributed by atoms with van der Waals surface area (Å²) in [4.78, 5) is 11.0. The molecular formula is C8H12N2O2. The topological polar surface area (TPSA) is 55.0 Å². The normalized spacial score (nSPS) is 10.2. The molecule has 1 heterocycles. The minimum absolute atomic E-state index is 0.279. The van der Waals surface area contributed by atoms with Crippen molar-refractivity contribution in [1.82, 2.24) is 10.2 Å². The van der Waals surface area contributed by atoms with E-state index in [1.807, 2.05) is 13.8 Å². The summed E-state index contributed by atoms with van der Waals surface area (Å²) >= 11 is 0. The third-order valence-electron chi connectivity index (χ3n) is 1.26. The predicted molar refractivity (Wildman–Crippen MR) is 45.2 cm³/mol. The van der Waals surface area contributed by atoms with Gasteiger partial charge in [-0.25, -0.2) is 5.10 Å². The summed E-state index contributed by atoms with van der Waals surface area (Å²) in [6, 6.07) is 1.56. The monoisotopic (exact) mass is 168 g/mol. The Kier molecular flexibility index (Phi) is 2.85. The maximum atomic E-state index is 11.0. The van der Waals surface area contributed by atoms with Crippen LogP contribution in [-0.4, -0.2) is 16.8 Å². The van der Waals surface area contributed by atoms with Crippen LogP contribution in [0.25, 0.3) is 0 Å². The SMILES string of the molecule is CC(C)COc1ccn[nH]c1=O. The number of rotatable bonds is 3. The largest absolute Gasteiger partial charge is 0.488 e. The van der Waals surface area contributed by atoms with Gasteiger partial charge in [-0.2, -0.15) is 5.10 Å². The summed E-state index contributed by atoms with van der Waals surface area (Å²) in [7, 11) is 0. The van der Waals surface area contributed by atoms with Crippen molar-refractivity contribution in [1.29, 1.82) is 0 Å². The van der Waals surface area contributed by atoms with Gasteiger partial charge in [-0.3, -0.25) is 4.79 Å². The van der Waals surface area contributed by atoms with E-state index >= 15 is 0 Å². The van der Waals surface area contributed by atoms with Crippen molar-refractivity contribution < 1.29 is 4.74 Å². The third kappa shape index (κ3) is 2.38. The first kappa shape index (κ1) is 8.77. The van der Waals surface area contributed by atoms with Gasteiger partial charge in [0.05, 0.1) is 12.8 Å². The molecule has 0 fully saturated rings. The second-order valence-electron chi connectivity index (χ2n) is 2.95. The second-order valence-corrected chi connectivity index (χ2v) is 2.95. The fourth-order valence-electron chi connectivity index (χ4n) is 0.702. The van der Waals surface area contributed by atoms with E-state index in [0.717, 1.165) is 0 Å². The van der Waals surface area contributed by atoms with Crippen LogP contribution in [0.3, 0.4) is 0 Å². The average molecular weight is 168 g/mol. The van der Waals surface area contributed by atoms with E-state index in [1.54, 1.807) is 6.07 Å². The van der Waals surface area contributed by atoms with E-state index in [-0.39, 0.29) is 5.56 Å². The molecule has 0 atom stereocenters. The van der Waals surface area contributed by atoms with Crippen molar-refractivity contribution in [3.05, 3.63) is 22.6 Å². The van der Waals surface area contributed by atoms with Crippen LogP contribution >= 0.6 is 0 Å². The van der Waals surface area contributed by atoms with Gasteiger partial charge in [0.15, 0.2) is 5.75 Å². The molecule has 0 saturated heterocycles. The fraction of sp³-hybridized carbons (Fsp3) is 0.500. The van der Waals surface area contributed by atoms with Gasteiger partial charge in [-0.05, 0) is 5.92 Å². The first-order valence-corrected chi connectivity index (χ1v) is 3.86. The van der Waals surface area contributed by atoms with Gasteiger partial charge >= 0.3 is 5.56 Å². The Hall–Kier alpha value is -1.32. The van der Waals surface area contributed by atoms with Gasteiger partial charge in [0.2, 0.25) is 0 Å². The lowest BCUT2D eigenvalue weighted by molar-refractivity contribution is 0.267. The number of aromatic amines is 1. The average Bonchev–Trinajstić information content (AvgIpc) is 2.03. The molecule has 0 aliphatic carbocycles. The molecule has 1 aromatic heterocycles. The lowest BCUT2D eigenvalue weighted by atomic mass is 10.2. The minimum atomic E-state index is -0.279. The van der Waals surface area contributed by atoms with Crippen LogP contribution in [0, 0.1) is 5.92 Å². The number of nitrogens with one attached hydrogen (secondary N) is 1. The smallest absolute Gasteiger partial charge is 0.306 e. The Labute approximate surface area is 70.6 Å². The Balaban J connectivity index is 2.64. The zero-order chi connectivity index (χ0) is 8.97. The molecule has 0 aliphatic heterocycles. The van der Waals surface area contributed by atoms with Gasteiger partial charge in [-0.1, -0.05) is 13.8 Å². The maximum absolute atomic E-state index is 11.0. The van der Waals surface area contributed by atoms with Gasteiger partial charge in [0, 0.05) is 6.07 Å². The summed E-state index contributed by atoms with van der Waals surface area (Å²) in [6.07, 6.45) is 1.50. The van der Waals surface area contributed by atoms with Crippen molar-refractivity contribution in [2.24, 2.45) is 5.92 Å². The summed E-state index contributed by atoms with van der Waals surface area (Å²) < 4.78 is 5.21. The lowest BCUT2D eigenvalue weighted by Crippen LogP contribution is -2.14. The first-order valence-electron chi connectivity index (χ1n) is 3.86. The molecule has 0 amide bonds. The number of nitrogens with zero attached hydrogens (tertiary/aromatic N) is 1. The van der Waals surface area contributed by atoms with Crippen LogP contribution in [0.5, 0.6) is 5.75 Å². The molecule has 12 heavy (non-hydrogen) atoms. The number of H-pyrrole nitrogens is 1. The maximum Gasteiger partial charge on any atom is 0.306 e. The molecule has 4 nitrogen and oxygen atoms in total. The van der Waals surface area contributed by atoms with E-state index in [1.165, 1.54) is 6.20 Å². The van der Waals surface area contributed by atoms with Gasteiger partial charge < -0.3 is 4.74 Å². The highest BCUT2D eigenvalue weighted by atomic mass is 16.5. The van der Waals surface area contributed by atoms with Gasteiger partial charge in [-0.15, -0.1) is 0 Å². The molecule has 4 heteroatoms. The molecule has 0 unspecified atom stereocenters. The summed E-state index contributed by atoms with van der Waals surface area (Å²) in [5, 5.41) is 5.85. The molecule has 0 aromatic carbocycles. The van der Waals surface area contributed by atoms with Crippen molar-refractivity contribution >= 4 is 0 Å². The molecule has 0 saturated carbocycles. The summed E-state index contributed by atoms with van der Waals surface area (Å²) in [6.45, 7) is 4.60. The molecule has 0 aliphatic rings. The van der Waals surface area contributed by atoms with E-state index in [4.69, 9.17) is 4.74 Å². The highest BCUT2D eigenvalue weighted by Crippen LogP contribution is 2.01. The highest BCUT2D eigenvalue weighted by Gasteiger charge is 2.00. The molecule has 0 radical (unpaired) electrons. The Bertz CT molecular complexity index is 293. The van der Waals surface area contributed by atoms with Crippen molar-refractivity contribution in [3.63, 3.8) is 0 Å². The summed E-state index contributed by atoms with van der Waals surface area (Å²) in [5.74, 6) is 0.747. The van der Waals surface area contributed by atoms with Crippen LogP contribution < -0.4 is 10.3 Å². The molecule has 1 N–H and O–H groups in total. The van der Waals surface area contributed by atoms with E-state index < -0.39 is 0 Å². The van der Waals surface area contributed by atoms with Crippen LogP contribution in [0.4, 0.5) is 0 Å². The molecule has 0 spiro atoms. The molecular weight excluding hydrogens is 156 g/mol. The number of hydrogen-bond acceptors (Lipinski definition) is 3. The molecule has 1 aromatic rings.